The van der Waals surface area contributed by atoms with Crippen molar-refractivity contribution in [1.82, 2.24) is 9.97 Å². The predicted octanol–water partition coefficient (Wildman–Crippen LogP) is 1.81. The molecule has 0 bridgehead atoms. The van der Waals surface area contributed by atoms with E-state index in [2.05, 4.69) is 22.8 Å². The minimum Gasteiger partial charge on any atom is -0.355 e. The fourth-order valence-corrected chi connectivity index (χ4v) is 3.94. The molecule has 3 aliphatic rings. The van der Waals surface area contributed by atoms with Crippen molar-refractivity contribution in [3.63, 3.8) is 0 Å². The first-order chi connectivity index (χ1) is 10.7. The van der Waals surface area contributed by atoms with E-state index in [9.17, 15) is 0 Å². The normalized spacial score (nSPS) is 28.6. The van der Waals surface area contributed by atoms with Gasteiger partial charge in [0.15, 0.2) is 0 Å². The molecule has 3 heterocycles. The van der Waals surface area contributed by atoms with Crippen LogP contribution in [0.4, 0.5) is 11.8 Å². The molecule has 2 saturated heterocycles. The van der Waals surface area contributed by atoms with Crippen LogP contribution in [0.2, 0.25) is 0 Å². The molecule has 1 aromatic rings. The lowest BCUT2D eigenvalue weighted by Gasteiger charge is -2.22. The summed E-state index contributed by atoms with van der Waals surface area (Å²) in [5, 5.41) is 0. The molecule has 1 aromatic heterocycles. The summed E-state index contributed by atoms with van der Waals surface area (Å²) in [6.07, 6.45) is 6.22. The number of aryl methyl sites for hydroxylation is 1. The van der Waals surface area contributed by atoms with Crippen LogP contribution in [-0.2, 0) is 6.42 Å². The van der Waals surface area contributed by atoms with Gasteiger partial charge in [0.1, 0.15) is 5.82 Å². The standard InChI is InChI=1S/C17H27N5/c1-2-13-9-16(20-17(19-13)21-7-3-4-8-21)22-10-14(12-5-6-12)15(18)11-22/h9,12,14-15H,2-8,10-11,18H2,1H3/t14-,15+/m0/s1. The maximum atomic E-state index is 6.38. The van der Waals surface area contributed by atoms with Gasteiger partial charge in [-0.3, -0.25) is 0 Å². The molecule has 0 spiro atoms. The molecule has 2 atom stereocenters. The average Bonchev–Trinajstić information content (AvgIpc) is 3.08. The van der Waals surface area contributed by atoms with Crippen LogP contribution in [0.25, 0.3) is 0 Å². The zero-order valence-corrected chi connectivity index (χ0v) is 13.5. The van der Waals surface area contributed by atoms with Gasteiger partial charge >= 0.3 is 0 Å². The fraction of sp³-hybridized carbons (Fsp3) is 0.765. The second-order valence-electron chi connectivity index (χ2n) is 7.14. The van der Waals surface area contributed by atoms with Crippen molar-refractivity contribution in [2.75, 3.05) is 36.0 Å². The summed E-state index contributed by atoms with van der Waals surface area (Å²) < 4.78 is 0. The van der Waals surface area contributed by atoms with E-state index < -0.39 is 0 Å². The lowest BCUT2D eigenvalue weighted by molar-refractivity contribution is 0.456. The molecule has 5 heteroatoms. The van der Waals surface area contributed by atoms with Gasteiger partial charge in [-0.05, 0) is 43.9 Å². The molecule has 3 fully saturated rings. The lowest BCUT2D eigenvalue weighted by Crippen LogP contribution is -2.30. The Morgan fingerprint density at radius 3 is 2.59 bits per heavy atom. The molecule has 0 unspecified atom stereocenters. The van der Waals surface area contributed by atoms with Crippen LogP contribution in [0.15, 0.2) is 6.07 Å². The van der Waals surface area contributed by atoms with E-state index in [1.54, 1.807) is 0 Å². The first-order valence-electron chi connectivity index (χ1n) is 8.88. The van der Waals surface area contributed by atoms with Crippen molar-refractivity contribution in [3.8, 4) is 0 Å². The summed E-state index contributed by atoms with van der Waals surface area (Å²) in [7, 11) is 0. The van der Waals surface area contributed by atoms with Crippen LogP contribution >= 0.6 is 0 Å². The van der Waals surface area contributed by atoms with Crippen LogP contribution in [-0.4, -0.2) is 42.2 Å². The number of nitrogens with two attached hydrogens (primary N) is 1. The van der Waals surface area contributed by atoms with Gasteiger partial charge < -0.3 is 15.5 Å². The molecule has 22 heavy (non-hydrogen) atoms. The van der Waals surface area contributed by atoms with E-state index >= 15 is 0 Å². The second kappa shape index (κ2) is 5.69. The van der Waals surface area contributed by atoms with Crippen LogP contribution in [0.5, 0.6) is 0 Å². The summed E-state index contributed by atoms with van der Waals surface area (Å²) in [6.45, 7) is 6.38. The topological polar surface area (TPSA) is 58.3 Å². The van der Waals surface area contributed by atoms with Crippen LogP contribution in [0, 0.1) is 11.8 Å². The molecule has 0 radical (unpaired) electrons. The van der Waals surface area contributed by atoms with Crippen molar-refractivity contribution in [2.45, 2.75) is 45.1 Å². The highest BCUT2D eigenvalue weighted by Gasteiger charge is 2.41. The van der Waals surface area contributed by atoms with Crippen molar-refractivity contribution < 1.29 is 0 Å². The van der Waals surface area contributed by atoms with Crippen molar-refractivity contribution >= 4 is 11.8 Å². The Balaban J connectivity index is 1.58. The second-order valence-corrected chi connectivity index (χ2v) is 7.14. The van der Waals surface area contributed by atoms with Crippen LogP contribution in [0.3, 0.4) is 0 Å². The van der Waals surface area contributed by atoms with E-state index in [0.717, 1.165) is 56.0 Å². The Labute approximate surface area is 132 Å². The Kier molecular flexibility index (Phi) is 3.68. The molecule has 1 aliphatic carbocycles. The van der Waals surface area contributed by atoms with Crippen molar-refractivity contribution in [2.24, 2.45) is 17.6 Å². The van der Waals surface area contributed by atoms with E-state index in [0.29, 0.717) is 12.0 Å². The fourth-order valence-electron chi connectivity index (χ4n) is 3.94. The summed E-state index contributed by atoms with van der Waals surface area (Å²) in [5.41, 5.74) is 7.53. The minimum absolute atomic E-state index is 0.308. The first-order valence-corrected chi connectivity index (χ1v) is 8.88. The molecule has 0 aromatic carbocycles. The Morgan fingerprint density at radius 2 is 1.91 bits per heavy atom. The Morgan fingerprint density at radius 1 is 1.14 bits per heavy atom. The Hall–Kier alpha value is -1.36. The quantitative estimate of drug-likeness (QED) is 0.919. The van der Waals surface area contributed by atoms with Crippen molar-refractivity contribution in [3.05, 3.63) is 11.8 Å². The van der Waals surface area contributed by atoms with E-state index in [-0.39, 0.29) is 0 Å². The van der Waals surface area contributed by atoms with Crippen molar-refractivity contribution in [1.29, 1.82) is 0 Å². The monoisotopic (exact) mass is 301 g/mol. The van der Waals surface area contributed by atoms with Crippen LogP contribution < -0.4 is 15.5 Å². The molecule has 5 nitrogen and oxygen atoms in total. The highest BCUT2D eigenvalue weighted by Crippen LogP contribution is 2.41. The maximum Gasteiger partial charge on any atom is 0.227 e. The first kappa shape index (κ1) is 14.2. The van der Waals surface area contributed by atoms with Crippen LogP contribution in [0.1, 0.15) is 38.3 Å². The molecule has 1 saturated carbocycles. The van der Waals surface area contributed by atoms with E-state index in [1.807, 2.05) is 0 Å². The third-order valence-corrected chi connectivity index (χ3v) is 5.47. The average molecular weight is 301 g/mol. The molecule has 0 amide bonds. The number of hydrogen-bond donors (Lipinski definition) is 1. The molecule has 120 valence electrons. The minimum atomic E-state index is 0.308. The molecule has 2 N–H and O–H groups in total. The molecule has 4 rings (SSSR count). The van der Waals surface area contributed by atoms with E-state index in [4.69, 9.17) is 15.7 Å². The number of aromatic nitrogens is 2. The molecular weight excluding hydrogens is 274 g/mol. The zero-order valence-electron chi connectivity index (χ0n) is 13.5. The van der Waals surface area contributed by atoms with Gasteiger partial charge in [0.25, 0.3) is 0 Å². The number of hydrogen-bond acceptors (Lipinski definition) is 5. The zero-order chi connectivity index (χ0) is 15.1. The summed E-state index contributed by atoms with van der Waals surface area (Å²) in [6, 6.07) is 2.48. The van der Waals surface area contributed by atoms with E-state index in [1.165, 1.54) is 25.7 Å². The molecule has 2 aliphatic heterocycles. The summed E-state index contributed by atoms with van der Waals surface area (Å²) in [4.78, 5) is 14.4. The van der Waals surface area contributed by atoms with Gasteiger partial charge in [0.05, 0.1) is 0 Å². The largest absolute Gasteiger partial charge is 0.355 e. The third-order valence-electron chi connectivity index (χ3n) is 5.47. The maximum absolute atomic E-state index is 6.38. The summed E-state index contributed by atoms with van der Waals surface area (Å²) >= 11 is 0. The highest BCUT2D eigenvalue weighted by molar-refractivity contribution is 5.48. The van der Waals surface area contributed by atoms with Gasteiger partial charge in [-0.2, -0.15) is 4.98 Å². The lowest BCUT2D eigenvalue weighted by atomic mass is 9.99. The third kappa shape index (κ3) is 2.67. The predicted molar refractivity (Wildman–Crippen MR) is 89.3 cm³/mol. The molecular formula is C17H27N5. The van der Waals surface area contributed by atoms with Gasteiger partial charge in [-0.25, -0.2) is 4.98 Å². The smallest absolute Gasteiger partial charge is 0.227 e. The number of rotatable bonds is 4. The summed E-state index contributed by atoms with van der Waals surface area (Å²) in [5.74, 6) is 3.54. The SMILES string of the molecule is CCc1cc(N2C[C@@H](N)[C@H](C3CC3)C2)nc(N2CCCC2)n1. The Bertz CT molecular complexity index is 536. The number of nitrogens with zero attached hydrogens (tertiary/aromatic N) is 4. The van der Waals surface area contributed by atoms with Gasteiger partial charge in [-0.1, -0.05) is 6.92 Å². The highest BCUT2D eigenvalue weighted by atomic mass is 15.3. The van der Waals surface area contributed by atoms with Gasteiger partial charge in [-0.15, -0.1) is 0 Å². The van der Waals surface area contributed by atoms with Gasteiger partial charge in [0, 0.05) is 44.0 Å². The van der Waals surface area contributed by atoms with Gasteiger partial charge in [0.2, 0.25) is 5.95 Å². The number of anilines is 2.